The summed E-state index contributed by atoms with van der Waals surface area (Å²) in [5.41, 5.74) is 1.69. The molecule has 5 heteroatoms. The smallest absolute Gasteiger partial charge is 0.258 e. The average molecular weight is 248 g/mol. The van der Waals surface area contributed by atoms with Gasteiger partial charge in [-0.2, -0.15) is 0 Å². The molecule has 0 radical (unpaired) electrons. The van der Waals surface area contributed by atoms with Gasteiger partial charge in [0, 0.05) is 17.5 Å². The van der Waals surface area contributed by atoms with Crippen LogP contribution in [0.4, 0.5) is 5.69 Å². The fraction of sp³-hybridized carbons (Fsp3) is 0.400. The molecule has 0 N–H and O–H groups in total. The first-order chi connectivity index (χ1) is 7.19. The Kier molecular flexibility index (Phi) is 4.85. The van der Waals surface area contributed by atoms with Crippen LogP contribution >= 0.6 is 23.2 Å². The number of hydrogen-bond donors (Lipinski definition) is 0. The molecule has 0 fully saturated rings. The summed E-state index contributed by atoms with van der Waals surface area (Å²) >= 11 is 11.2. The number of nitro groups is 1. The van der Waals surface area contributed by atoms with E-state index in [1.807, 2.05) is 0 Å². The largest absolute Gasteiger partial charge is 0.273 e. The highest BCUT2D eigenvalue weighted by Gasteiger charge is 2.12. The fourth-order valence-electron chi connectivity index (χ4n) is 1.35. The van der Waals surface area contributed by atoms with E-state index in [1.165, 1.54) is 6.07 Å². The molecule has 0 unspecified atom stereocenters. The van der Waals surface area contributed by atoms with Crippen molar-refractivity contribution in [2.24, 2.45) is 0 Å². The topological polar surface area (TPSA) is 43.1 Å². The van der Waals surface area contributed by atoms with E-state index in [2.05, 4.69) is 0 Å². The Hall–Kier alpha value is -0.800. The van der Waals surface area contributed by atoms with Gasteiger partial charge in [0.05, 0.1) is 10.8 Å². The van der Waals surface area contributed by atoms with Gasteiger partial charge in [-0.25, -0.2) is 0 Å². The predicted molar refractivity (Wildman–Crippen MR) is 61.7 cm³/mol. The molecule has 0 saturated carbocycles. The lowest BCUT2D eigenvalue weighted by Gasteiger charge is -2.03. The minimum Gasteiger partial charge on any atom is -0.258 e. The van der Waals surface area contributed by atoms with Crippen LogP contribution in [0.15, 0.2) is 18.2 Å². The number of aryl methyl sites for hydroxylation is 1. The maximum atomic E-state index is 10.6. The van der Waals surface area contributed by atoms with E-state index in [-0.39, 0.29) is 11.6 Å². The SMILES string of the molecule is O=[N+]([O-])c1ccc(CCCCl)cc1CCl. The van der Waals surface area contributed by atoms with E-state index in [4.69, 9.17) is 23.2 Å². The summed E-state index contributed by atoms with van der Waals surface area (Å²) in [5, 5.41) is 10.6. The van der Waals surface area contributed by atoms with Crippen LogP contribution in [0.3, 0.4) is 0 Å². The number of alkyl halides is 2. The molecule has 3 nitrogen and oxygen atoms in total. The van der Waals surface area contributed by atoms with Crippen molar-refractivity contribution in [3.05, 3.63) is 39.4 Å². The van der Waals surface area contributed by atoms with Crippen LogP contribution < -0.4 is 0 Å². The van der Waals surface area contributed by atoms with Gasteiger partial charge in [-0.1, -0.05) is 6.07 Å². The number of nitrogens with zero attached hydrogens (tertiary/aromatic N) is 1. The lowest BCUT2D eigenvalue weighted by Crippen LogP contribution is -1.96. The zero-order valence-electron chi connectivity index (χ0n) is 8.08. The number of halogens is 2. The minimum absolute atomic E-state index is 0.0830. The van der Waals surface area contributed by atoms with Crippen LogP contribution in [0.5, 0.6) is 0 Å². The van der Waals surface area contributed by atoms with Gasteiger partial charge < -0.3 is 0 Å². The molecule has 0 aliphatic carbocycles. The van der Waals surface area contributed by atoms with Gasteiger partial charge in [0.2, 0.25) is 0 Å². The molecular formula is C10H11Cl2NO2. The monoisotopic (exact) mass is 247 g/mol. The predicted octanol–water partition coefficient (Wildman–Crippen LogP) is 3.51. The second-order valence-corrected chi connectivity index (χ2v) is 3.79. The van der Waals surface area contributed by atoms with Crippen molar-refractivity contribution >= 4 is 28.9 Å². The van der Waals surface area contributed by atoms with Crippen molar-refractivity contribution in [3.63, 3.8) is 0 Å². The Balaban J connectivity index is 2.92. The molecule has 0 aromatic heterocycles. The lowest BCUT2D eigenvalue weighted by atomic mass is 10.1. The molecule has 0 heterocycles. The molecule has 0 aliphatic rings. The molecule has 82 valence electrons. The molecule has 0 atom stereocenters. The van der Waals surface area contributed by atoms with E-state index in [9.17, 15) is 10.1 Å². The molecule has 1 rings (SSSR count). The average Bonchev–Trinajstić information content (AvgIpc) is 2.25. The van der Waals surface area contributed by atoms with E-state index in [1.54, 1.807) is 12.1 Å². The van der Waals surface area contributed by atoms with Crippen molar-refractivity contribution in [1.29, 1.82) is 0 Å². The van der Waals surface area contributed by atoms with Crippen LogP contribution in [-0.4, -0.2) is 10.8 Å². The highest BCUT2D eigenvalue weighted by Crippen LogP contribution is 2.22. The van der Waals surface area contributed by atoms with Gasteiger partial charge in [-0.05, 0) is 24.5 Å². The summed E-state index contributed by atoms with van der Waals surface area (Å²) in [6, 6.07) is 5.03. The van der Waals surface area contributed by atoms with Gasteiger partial charge in [0.25, 0.3) is 5.69 Å². The summed E-state index contributed by atoms with van der Waals surface area (Å²) in [5.74, 6) is 0.748. The van der Waals surface area contributed by atoms with Crippen LogP contribution in [0, 0.1) is 10.1 Å². The van der Waals surface area contributed by atoms with Crippen LogP contribution in [0.1, 0.15) is 17.5 Å². The van der Waals surface area contributed by atoms with Crippen molar-refractivity contribution < 1.29 is 4.92 Å². The summed E-state index contributed by atoms with van der Waals surface area (Å²) in [4.78, 5) is 10.2. The molecule has 0 aliphatic heterocycles. The third-order valence-corrected chi connectivity index (χ3v) is 2.64. The summed E-state index contributed by atoms with van der Waals surface area (Å²) < 4.78 is 0. The quantitative estimate of drug-likeness (QED) is 0.454. The number of hydrogen-bond acceptors (Lipinski definition) is 2. The van der Waals surface area contributed by atoms with E-state index >= 15 is 0 Å². The maximum Gasteiger partial charge on any atom is 0.273 e. The Labute approximate surface area is 98.2 Å². The normalized spacial score (nSPS) is 10.3. The van der Waals surface area contributed by atoms with Crippen molar-refractivity contribution in [2.75, 3.05) is 5.88 Å². The van der Waals surface area contributed by atoms with Gasteiger partial charge in [-0.15, -0.1) is 23.2 Å². The Bertz CT molecular complexity index is 355. The number of nitro benzene ring substituents is 1. The molecule has 15 heavy (non-hydrogen) atoms. The highest BCUT2D eigenvalue weighted by atomic mass is 35.5. The van der Waals surface area contributed by atoms with Crippen LogP contribution in [-0.2, 0) is 12.3 Å². The van der Waals surface area contributed by atoms with Crippen molar-refractivity contribution in [2.45, 2.75) is 18.7 Å². The van der Waals surface area contributed by atoms with E-state index in [0.29, 0.717) is 11.4 Å². The first-order valence-electron chi connectivity index (χ1n) is 4.57. The molecule has 0 amide bonds. The van der Waals surface area contributed by atoms with Gasteiger partial charge in [0.15, 0.2) is 0 Å². The second-order valence-electron chi connectivity index (χ2n) is 3.15. The lowest BCUT2D eigenvalue weighted by molar-refractivity contribution is -0.385. The third-order valence-electron chi connectivity index (χ3n) is 2.08. The van der Waals surface area contributed by atoms with Gasteiger partial charge in [-0.3, -0.25) is 10.1 Å². The van der Waals surface area contributed by atoms with E-state index < -0.39 is 4.92 Å². The van der Waals surface area contributed by atoms with Gasteiger partial charge in [0.1, 0.15) is 0 Å². The van der Waals surface area contributed by atoms with Crippen LogP contribution in [0.2, 0.25) is 0 Å². The first kappa shape index (κ1) is 12.3. The fourth-order valence-corrected chi connectivity index (χ4v) is 1.70. The Morgan fingerprint density at radius 3 is 2.60 bits per heavy atom. The molecule has 0 saturated heterocycles. The van der Waals surface area contributed by atoms with Crippen molar-refractivity contribution in [3.8, 4) is 0 Å². The standard InChI is InChI=1S/C10H11Cl2NO2/c11-5-1-2-8-3-4-10(13(14)15)9(6-8)7-12/h3-4,6H,1-2,5,7H2. The number of rotatable bonds is 5. The minimum atomic E-state index is -0.414. The summed E-state index contributed by atoms with van der Waals surface area (Å²) in [7, 11) is 0. The highest BCUT2D eigenvalue weighted by molar-refractivity contribution is 6.17. The van der Waals surface area contributed by atoms with Gasteiger partial charge >= 0.3 is 0 Å². The third kappa shape index (κ3) is 3.36. The molecule has 0 spiro atoms. The number of benzene rings is 1. The summed E-state index contributed by atoms with van der Waals surface area (Å²) in [6.07, 6.45) is 1.69. The second kappa shape index (κ2) is 5.93. The van der Waals surface area contributed by atoms with E-state index in [0.717, 1.165) is 18.4 Å². The first-order valence-corrected chi connectivity index (χ1v) is 5.64. The molecule has 1 aromatic rings. The molecule has 1 aromatic carbocycles. The molecule has 0 bridgehead atoms. The summed E-state index contributed by atoms with van der Waals surface area (Å²) in [6.45, 7) is 0. The van der Waals surface area contributed by atoms with Crippen molar-refractivity contribution in [1.82, 2.24) is 0 Å². The van der Waals surface area contributed by atoms with Crippen LogP contribution in [0.25, 0.3) is 0 Å². The zero-order valence-corrected chi connectivity index (χ0v) is 9.59. The Morgan fingerprint density at radius 1 is 1.33 bits per heavy atom. The Morgan fingerprint density at radius 2 is 2.07 bits per heavy atom. The molecular weight excluding hydrogens is 237 g/mol. The zero-order chi connectivity index (χ0) is 11.3. The maximum absolute atomic E-state index is 10.6.